The molecule has 2 aromatic carbocycles. The molecule has 5 rings (SSSR count). The number of aryl methyl sites for hydroxylation is 1. The molecule has 0 fully saturated rings. The van der Waals surface area contributed by atoms with Crippen molar-refractivity contribution in [2.24, 2.45) is 0 Å². The molecule has 2 aliphatic heterocycles. The number of allylic oxidation sites excluding steroid dienone is 1. The Morgan fingerprint density at radius 2 is 1.83 bits per heavy atom. The van der Waals surface area contributed by atoms with E-state index >= 15 is 0 Å². The normalized spacial score (nSPS) is 21.1. The molecular formula is C36H38O10. The summed E-state index contributed by atoms with van der Waals surface area (Å²) in [6, 6.07) is 11.4. The molecule has 3 aromatic rings. The standard InChI is InChI=1S/C36H38O10/c1-21(2)25-12-11-24-10-7-9-23(18-24)8-5-6-16-36(4)33(45-34(25)40)32(43-22(3)39)30-29(46-36)14-13-26-28(19-37)27(15-17-42-20-38)35(41)44-31(26)30/h7,9-10,13-14,18,32-33,37-38H,8,11-12,15-17,19-20H2,1-4H3. The first kappa shape index (κ1) is 32.9. The molecule has 3 atom stereocenters. The number of fused-ring (bicyclic) bond motifs is 6. The predicted molar refractivity (Wildman–Crippen MR) is 168 cm³/mol. The van der Waals surface area contributed by atoms with Gasteiger partial charge in [0.05, 0.1) is 25.2 Å². The second kappa shape index (κ2) is 13.9. The van der Waals surface area contributed by atoms with Crippen molar-refractivity contribution in [1.82, 2.24) is 0 Å². The van der Waals surface area contributed by atoms with Gasteiger partial charge in [-0.1, -0.05) is 41.7 Å². The second-order valence-corrected chi connectivity index (χ2v) is 11.9. The van der Waals surface area contributed by atoms with Gasteiger partial charge in [0.1, 0.15) is 18.1 Å². The van der Waals surface area contributed by atoms with Gasteiger partial charge < -0.3 is 33.6 Å². The lowest BCUT2D eigenvalue weighted by molar-refractivity contribution is -0.188. The van der Waals surface area contributed by atoms with Crippen LogP contribution in [0.3, 0.4) is 0 Å². The Balaban J connectivity index is 1.69. The minimum absolute atomic E-state index is 0.0266. The highest BCUT2D eigenvalue weighted by Gasteiger charge is 2.52. The molecule has 2 N–H and O–H groups in total. The Labute approximate surface area is 266 Å². The maximum Gasteiger partial charge on any atom is 0.339 e. The van der Waals surface area contributed by atoms with E-state index < -0.39 is 48.8 Å². The van der Waals surface area contributed by atoms with Crippen molar-refractivity contribution in [3.63, 3.8) is 0 Å². The van der Waals surface area contributed by atoms with Gasteiger partial charge in [-0.3, -0.25) is 4.79 Å². The number of esters is 2. The number of hydrogen-bond donors (Lipinski definition) is 2. The Kier molecular flexibility index (Phi) is 9.97. The smallest absolute Gasteiger partial charge is 0.339 e. The molecule has 0 saturated carbocycles. The Bertz CT molecular complexity index is 1800. The predicted octanol–water partition coefficient (Wildman–Crippen LogP) is 4.38. The molecule has 46 heavy (non-hydrogen) atoms. The fraction of sp³-hybridized carbons (Fsp3) is 0.417. The minimum Gasteiger partial charge on any atom is -0.482 e. The van der Waals surface area contributed by atoms with Crippen LogP contribution in [0.4, 0.5) is 0 Å². The molecule has 0 spiro atoms. The molecule has 3 unspecified atom stereocenters. The summed E-state index contributed by atoms with van der Waals surface area (Å²) in [6.45, 7) is 5.69. The molecule has 1 aromatic heterocycles. The zero-order chi connectivity index (χ0) is 33.0. The SMILES string of the molecule is CC(=O)OC1c2c(ccc3c(CO)c(CCOCO)c(=O)oc23)OC2(C)CC#CCc3cccc(c3)CCC(=C(C)C)C(=O)OC12. The largest absolute Gasteiger partial charge is 0.482 e. The summed E-state index contributed by atoms with van der Waals surface area (Å²) in [6.07, 6.45) is -0.669. The van der Waals surface area contributed by atoms with Gasteiger partial charge in [0.25, 0.3) is 0 Å². The van der Waals surface area contributed by atoms with E-state index in [-0.39, 0.29) is 41.9 Å². The maximum absolute atomic E-state index is 13.9. The fourth-order valence-corrected chi connectivity index (χ4v) is 6.11. The Hall–Kier alpha value is -4.43. The van der Waals surface area contributed by atoms with Crippen LogP contribution in [0.5, 0.6) is 5.75 Å². The lowest BCUT2D eigenvalue weighted by Gasteiger charge is -2.44. The second-order valence-electron chi connectivity index (χ2n) is 11.9. The number of ether oxygens (including phenoxy) is 4. The third-order valence-corrected chi connectivity index (χ3v) is 8.43. The number of aliphatic hydroxyl groups excluding tert-OH is 2. The summed E-state index contributed by atoms with van der Waals surface area (Å²) >= 11 is 0. The van der Waals surface area contributed by atoms with Crippen LogP contribution in [-0.2, 0) is 49.7 Å². The zero-order valence-electron chi connectivity index (χ0n) is 26.4. The summed E-state index contributed by atoms with van der Waals surface area (Å²) in [5.41, 5.74) is 2.13. The first-order chi connectivity index (χ1) is 22.1. The van der Waals surface area contributed by atoms with E-state index in [2.05, 4.69) is 17.9 Å². The number of benzene rings is 2. The van der Waals surface area contributed by atoms with Crippen LogP contribution >= 0.6 is 0 Å². The van der Waals surface area contributed by atoms with Gasteiger partial charge in [-0.25, -0.2) is 9.59 Å². The van der Waals surface area contributed by atoms with Crippen molar-refractivity contribution >= 4 is 22.9 Å². The highest BCUT2D eigenvalue weighted by molar-refractivity contribution is 5.90. The molecular weight excluding hydrogens is 592 g/mol. The lowest BCUT2D eigenvalue weighted by atomic mass is 9.83. The molecule has 0 aliphatic carbocycles. The number of aliphatic hydroxyl groups is 2. The molecule has 10 heteroatoms. The molecule has 2 aliphatic rings. The van der Waals surface area contributed by atoms with E-state index in [1.54, 1.807) is 19.1 Å². The Morgan fingerprint density at radius 3 is 2.54 bits per heavy atom. The van der Waals surface area contributed by atoms with E-state index in [9.17, 15) is 19.5 Å². The van der Waals surface area contributed by atoms with Gasteiger partial charge in [-0.15, -0.1) is 0 Å². The average molecular weight is 631 g/mol. The molecule has 0 saturated heterocycles. The molecule has 10 nitrogen and oxygen atoms in total. The average Bonchev–Trinajstić information content (AvgIpc) is 3.00. The zero-order valence-corrected chi connectivity index (χ0v) is 26.4. The van der Waals surface area contributed by atoms with Crippen LogP contribution in [0.2, 0.25) is 0 Å². The van der Waals surface area contributed by atoms with E-state index in [1.165, 1.54) is 6.92 Å². The van der Waals surface area contributed by atoms with Crippen molar-refractivity contribution in [3.05, 3.63) is 85.8 Å². The van der Waals surface area contributed by atoms with Gasteiger partial charge in [0.15, 0.2) is 17.8 Å². The van der Waals surface area contributed by atoms with Crippen LogP contribution in [0.15, 0.2) is 56.8 Å². The van der Waals surface area contributed by atoms with Gasteiger partial charge in [0.2, 0.25) is 0 Å². The first-order valence-electron chi connectivity index (χ1n) is 15.2. The fourth-order valence-electron chi connectivity index (χ4n) is 6.11. The van der Waals surface area contributed by atoms with E-state index in [1.807, 2.05) is 32.0 Å². The van der Waals surface area contributed by atoms with Crippen molar-refractivity contribution in [2.75, 3.05) is 13.4 Å². The summed E-state index contributed by atoms with van der Waals surface area (Å²) in [5.74, 6) is 5.42. The van der Waals surface area contributed by atoms with E-state index in [0.717, 1.165) is 16.7 Å². The monoisotopic (exact) mass is 630 g/mol. The maximum atomic E-state index is 13.9. The van der Waals surface area contributed by atoms with Crippen LogP contribution in [0.25, 0.3) is 11.0 Å². The van der Waals surface area contributed by atoms with Gasteiger partial charge in [-0.05, 0) is 62.4 Å². The summed E-state index contributed by atoms with van der Waals surface area (Å²) in [7, 11) is 0. The summed E-state index contributed by atoms with van der Waals surface area (Å²) < 4.78 is 29.5. The third kappa shape index (κ3) is 6.72. The van der Waals surface area contributed by atoms with Crippen LogP contribution in [-0.4, -0.2) is 47.3 Å². The first-order valence-corrected chi connectivity index (χ1v) is 15.2. The molecule has 2 bridgehead atoms. The summed E-state index contributed by atoms with van der Waals surface area (Å²) in [4.78, 5) is 39.8. The number of hydrogen-bond acceptors (Lipinski definition) is 10. The number of rotatable bonds is 6. The minimum atomic E-state index is -1.27. The molecule has 3 heterocycles. The van der Waals surface area contributed by atoms with Crippen LogP contribution in [0, 0.1) is 11.8 Å². The van der Waals surface area contributed by atoms with E-state index in [4.69, 9.17) is 28.5 Å². The quantitative estimate of drug-likeness (QED) is 0.101. The highest BCUT2D eigenvalue weighted by atomic mass is 16.6. The Morgan fingerprint density at radius 1 is 1.04 bits per heavy atom. The molecule has 0 amide bonds. The summed E-state index contributed by atoms with van der Waals surface area (Å²) in [5, 5.41) is 19.7. The van der Waals surface area contributed by atoms with Gasteiger partial charge >= 0.3 is 17.6 Å². The van der Waals surface area contributed by atoms with Crippen molar-refractivity contribution in [3.8, 4) is 17.6 Å². The number of carbonyl (C=O) groups is 2. The van der Waals surface area contributed by atoms with Gasteiger partial charge in [0, 0.05) is 36.3 Å². The van der Waals surface area contributed by atoms with Crippen LogP contribution < -0.4 is 10.4 Å². The lowest BCUT2D eigenvalue weighted by Crippen LogP contribution is -2.54. The van der Waals surface area contributed by atoms with Gasteiger partial charge in [-0.2, -0.15) is 0 Å². The van der Waals surface area contributed by atoms with Crippen molar-refractivity contribution < 1.29 is 43.2 Å². The third-order valence-electron chi connectivity index (χ3n) is 8.43. The van der Waals surface area contributed by atoms with Crippen molar-refractivity contribution in [2.45, 2.75) is 84.2 Å². The molecule has 0 radical (unpaired) electrons. The number of carbonyl (C=O) groups excluding carboxylic acids is 2. The van der Waals surface area contributed by atoms with Crippen molar-refractivity contribution in [1.29, 1.82) is 0 Å². The van der Waals surface area contributed by atoms with Crippen LogP contribution in [0.1, 0.15) is 74.5 Å². The van der Waals surface area contributed by atoms with E-state index in [0.29, 0.717) is 35.8 Å². The highest BCUT2D eigenvalue weighted by Crippen LogP contribution is 2.48. The topological polar surface area (TPSA) is 142 Å². The molecule has 242 valence electrons.